The molecule has 1 atom stereocenters. The summed E-state index contributed by atoms with van der Waals surface area (Å²) in [5.41, 5.74) is 5.60. The summed E-state index contributed by atoms with van der Waals surface area (Å²) in [6.45, 7) is 6.30. The first-order chi connectivity index (χ1) is 18.1. The predicted molar refractivity (Wildman–Crippen MR) is 146 cm³/mol. The average Bonchev–Trinajstić information content (AvgIpc) is 3.25. The zero-order valence-electron chi connectivity index (χ0n) is 21.0. The molecule has 2 aliphatic heterocycles. The highest BCUT2D eigenvalue weighted by molar-refractivity contribution is 6.32. The Kier molecular flexibility index (Phi) is 7.63. The number of morpholine rings is 1. The molecule has 1 fully saturated rings. The topological polar surface area (TPSA) is 82.7 Å². The van der Waals surface area contributed by atoms with Gasteiger partial charge in [0.1, 0.15) is 0 Å². The molecule has 2 aliphatic rings. The molecule has 0 saturated carbocycles. The van der Waals surface area contributed by atoms with Crippen LogP contribution in [-0.4, -0.2) is 43.0 Å². The summed E-state index contributed by atoms with van der Waals surface area (Å²) in [6.07, 6.45) is 2.50. The van der Waals surface area contributed by atoms with E-state index in [0.29, 0.717) is 22.4 Å². The van der Waals surface area contributed by atoms with Crippen LogP contribution >= 0.6 is 0 Å². The maximum atomic E-state index is 13.1. The first-order valence-corrected chi connectivity index (χ1v) is 12.8. The van der Waals surface area contributed by atoms with Crippen molar-refractivity contribution in [2.45, 2.75) is 25.9 Å². The van der Waals surface area contributed by atoms with Crippen molar-refractivity contribution in [1.82, 2.24) is 10.2 Å². The van der Waals surface area contributed by atoms with E-state index in [0.717, 1.165) is 50.5 Å². The van der Waals surface area contributed by atoms with Crippen LogP contribution in [0.25, 0.3) is 5.57 Å². The number of ether oxygens (including phenoxy) is 1. The average molecular weight is 497 g/mol. The second-order valence-corrected chi connectivity index (χ2v) is 9.35. The van der Waals surface area contributed by atoms with Crippen LogP contribution < -0.4 is 16.0 Å². The van der Waals surface area contributed by atoms with Crippen LogP contribution in [0.4, 0.5) is 11.4 Å². The van der Waals surface area contributed by atoms with Crippen molar-refractivity contribution in [2.75, 3.05) is 36.9 Å². The van der Waals surface area contributed by atoms with E-state index in [9.17, 15) is 9.59 Å². The van der Waals surface area contributed by atoms with Crippen LogP contribution in [0, 0.1) is 0 Å². The Hall–Kier alpha value is -3.94. The van der Waals surface area contributed by atoms with Crippen molar-refractivity contribution in [3.63, 3.8) is 0 Å². The van der Waals surface area contributed by atoms with E-state index in [4.69, 9.17) is 4.74 Å². The molecule has 3 aromatic carbocycles. The smallest absolute Gasteiger partial charge is 0.257 e. The number of nitrogens with zero attached hydrogens (tertiary/aromatic N) is 1. The Balaban J connectivity index is 1.30. The van der Waals surface area contributed by atoms with Gasteiger partial charge in [-0.1, -0.05) is 49.4 Å². The highest BCUT2D eigenvalue weighted by Gasteiger charge is 2.26. The lowest BCUT2D eigenvalue weighted by Gasteiger charge is -2.26. The zero-order chi connectivity index (χ0) is 25.6. The largest absolute Gasteiger partial charge is 0.379 e. The number of amides is 2. The van der Waals surface area contributed by atoms with Crippen molar-refractivity contribution in [1.29, 1.82) is 0 Å². The van der Waals surface area contributed by atoms with E-state index < -0.39 is 0 Å². The maximum Gasteiger partial charge on any atom is 0.257 e. The summed E-state index contributed by atoms with van der Waals surface area (Å²) in [6, 6.07) is 23.4. The summed E-state index contributed by atoms with van der Waals surface area (Å²) < 4.78 is 5.44. The minimum Gasteiger partial charge on any atom is -0.379 e. The molecular formula is C30H32N4O3. The maximum absolute atomic E-state index is 13.1. The summed E-state index contributed by atoms with van der Waals surface area (Å²) >= 11 is 0. The molecule has 5 rings (SSSR count). The predicted octanol–water partition coefficient (Wildman–Crippen LogP) is 4.81. The van der Waals surface area contributed by atoms with Crippen LogP contribution in [0.15, 0.2) is 79.0 Å². The molecular weight excluding hydrogens is 464 g/mol. The Morgan fingerprint density at radius 3 is 2.65 bits per heavy atom. The van der Waals surface area contributed by atoms with E-state index in [-0.39, 0.29) is 17.9 Å². The van der Waals surface area contributed by atoms with Gasteiger partial charge in [-0.05, 0) is 47.9 Å². The van der Waals surface area contributed by atoms with Crippen molar-refractivity contribution in [2.24, 2.45) is 0 Å². The summed E-state index contributed by atoms with van der Waals surface area (Å²) in [5, 5.41) is 9.30. The number of nitrogens with one attached hydrogen (secondary N) is 3. The van der Waals surface area contributed by atoms with Crippen molar-refractivity contribution in [3.8, 4) is 0 Å². The van der Waals surface area contributed by atoms with Gasteiger partial charge in [0.05, 0.1) is 24.8 Å². The molecule has 1 saturated heterocycles. The third-order valence-electron chi connectivity index (χ3n) is 6.80. The molecule has 2 amide bonds. The van der Waals surface area contributed by atoms with E-state index in [1.54, 1.807) is 24.4 Å². The molecule has 0 bridgehead atoms. The molecule has 0 aliphatic carbocycles. The van der Waals surface area contributed by atoms with Gasteiger partial charge >= 0.3 is 0 Å². The van der Waals surface area contributed by atoms with Crippen LogP contribution in [-0.2, 0) is 16.1 Å². The molecule has 3 N–H and O–H groups in total. The molecule has 0 spiro atoms. The normalized spacial score (nSPS) is 17.2. The number of carbonyl (C=O) groups is 2. The van der Waals surface area contributed by atoms with Gasteiger partial charge in [0.15, 0.2) is 0 Å². The monoisotopic (exact) mass is 496 g/mol. The Morgan fingerprint density at radius 2 is 1.86 bits per heavy atom. The number of anilines is 2. The van der Waals surface area contributed by atoms with E-state index >= 15 is 0 Å². The molecule has 0 unspecified atom stereocenters. The number of benzene rings is 3. The van der Waals surface area contributed by atoms with Crippen LogP contribution in [0.5, 0.6) is 0 Å². The summed E-state index contributed by atoms with van der Waals surface area (Å²) in [5.74, 6) is -0.360. The Labute approximate surface area is 217 Å². The SMILES string of the molecule is CC[C@H](NC(=O)c1ccc2c(c1)C(=CNc1cccc(CN3CCOCC3)c1)C(=O)N2)c1ccccc1. The number of fused-ring (bicyclic) bond motifs is 1. The Bertz CT molecular complexity index is 1300. The third kappa shape index (κ3) is 5.90. The number of rotatable bonds is 8. The molecule has 7 nitrogen and oxygen atoms in total. The molecule has 0 aromatic heterocycles. The second kappa shape index (κ2) is 11.4. The first kappa shape index (κ1) is 24.7. The fraction of sp³-hybridized carbons (Fsp3) is 0.267. The van der Waals surface area contributed by atoms with Gasteiger partial charge in [0, 0.05) is 48.3 Å². The van der Waals surface area contributed by atoms with Gasteiger partial charge in [0.25, 0.3) is 11.8 Å². The van der Waals surface area contributed by atoms with Gasteiger partial charge in [-0.3, -0.25) is 14.5 Å². The minimum absolute atomic E-state index is 0.0804. The molecule has 3 aromatic rings. The number of hydrogen-bond donors (Lipinski definition) is 3. The lowest BCUT2D eigenvalue weighted by molar-refractivity contribution is -0.110. The quantitative estimate of drug-likeness (QED) is 0.390. The van der Waals surface area contributed by atoms with Crippen LogP contribution in [0.3, 0.4) is 0 Å². The fourth-order valence-electron chi connectivity index (χ4n) is 4.75. The van der Waals surface area contributed by atoms with Crippen LogP contribution in [0.2, 0.25) is 0 Å². The zero-order valence-corrected chi connectivity index (χ0v) is 21.0. The first-order valence-electron chi connectivity index (χ1n) is 12.8. The van der Waals surface area contributed by atoms with E-state index in [2.05, 4.69) is 33.0 Å². The van der Waals surface area contributed by atoms with Crippen LogP contribution in [0.1, 0.15) is 46.4 Å². The van der Waals surface area contributed by atoms with Crippen molar-refractivity contribution < 1.29 is 14.3 Å². The molecule has 2 heterocycles. The van der Waals surface area contributed by atoms with Gasteiger partial charge in [0.2, 0.25) is 0 Å². The fourth-order valence-corrected chi connectivity index (χ4v) is 4.75. The second-order valence-electron chi connectivity index (χ2n) is 9.35. The van der Waals surface area contributed by atoms with Gasteiger partial charge in [-0.2, -0.15) is 0 Å². The van der Waals surface area contributed by atoms with Gasteiger partial charge in [-0.15, -0.1) is 0 Å². The van der Waals surface area contributed by atoms with Crippen molar-refractivity contribution >= 4 is 28.8 Å². The van der Waals surface area contributed by atoms with Gasteiger partial charge < -0.3 is 20.7 Å². The molecule has 190 valence electrons. The van der Waals surface area contributed by atoms with Crippen molar-refractivity contribution in [3.05, 3.63) is 101 Å². The summed E-state index contributed by atoms with van der Waals surface area (Å²) in [7, 11) is 0. The summed E-state index contributed by atoms with van der Waals surface area (Å²) in [4.78, 5) is 28.2. The number of hydrogen-bond acceptors (Lipinski definition) is 5. The number of carbonyl (C=O) groups excluding carboxylic acids is 2. The van der Waals surface area contributed by atoms with Gasteiger partial charge in [-0.25, -0.2) is 0 Å². The molecule has 37 heavy (non-hydrogen) atoms. The van der Waals surface area contributed by atoms with E-state index in [1.165, 1.54) is 5.56 Å². The lowest BCUT2D eigenvalue weighted by Crippen LogP contribution is -2.35. The standard InChI is InChI=1S/C30H32N4O3/c1-2-27(22-8-4-3-5-9-22)32-29(35)23-11-12-28-25(18-23)26(30(36)33-28)19-31-24-10-6-7-21(17-24)20-34-13-15-37-16-14-34/h3-12,17-19,27,31H,2,13-16,20H2,1H3,(H,32,35)(H,33,36)/t27-/m0/s1. The lowest BCUT2D eigenvalue weighted by atomic mass is 10.0. The highest BCUT2D eigenvalue weighted by Crippen LogP contribution is 2.33. The van der Waals surface area contributed by atoms with E-state index in [1.807, 2.05) is 49.4 Å². The molecule has 0 radical (unpaired) electrons. The minimum atomic E-state index is -0.194. The molecule has 7 heteroatoms. The highest BCUT2D eigenvalue weighted by atomic mass is 16.5. The third-order valence-corrected chi connectivity index (χ3v) is 6.80. The Morgan fingerprint density at radius 1 is 1.05 bits per heavy atom.